The van der Waals surface area contributed by atoms with Crippen LogP contribution in [0.25, 0.3) is 0 Å². The average Bonchev–Trinajstić information content (AvgIpc) is 2.66. The number of anilines is 2. The molecule has 0 unspecified atom stereocenters. The second-order valence-electron chi connectivity index (χ2n) is 5.93. The van der Waals surface area contributed by atoms with Crippen LogP contribution in [0.4, 0.5) is 11.8 Å². The molecule has 2 aromatic heterocycles. The number of likely N-dealkylation sites (N-methyl/N-ethyl adjacent to an activating group) is 1. The minimum Gasteiger partial charge on any atom is -0.358 e. The van der Waals surface area contributed by atoms with E-state index in [9.17, 15) is 4.79 Å². The Morgan fingerprint density at radius 3 is 2.65 bits per heavy atom. The highest BCUT2D eigenvalue weighted by Crippen LogP contribution is 2.12. The summed E-state index contributed by atoms with van der Waals surface area (Å²) in [6, 6.07) is 13.2. The summed E-state index contributed by atoms with van der Waals surface area (Å²) in [5, 5.41) is 3.81. The molecule has 0 spiro atoms. The van der Waals surface area contributed by atoms with Crippen LogP contribution in [0.5, 0.6) is 0 Å². The first-order chi connectivity index (χ1) is 12.6. The number of benzene rings is 1. The van der Waals surface area contributed by atoms with Crippen molar-refractivity contribution in [3.8, 4) is 0 Å². The van der Waals surface area contributed by atoms with Crippen LogP contribution in [-0.4, -0.2) is 35.1 Å². The second-order valence-corrected chi connectivity index (χ2v) is 6.36. The van der Waals surface area contributed by atoms with Gasteiger partial charge in [-0.2, -0.15) is 0 Å². The number of halogens is 1. The minimum atomic E-state index is -0.143. The van der Waals surface area contributed by atoms with Gasteiger partial charge in [0.15, 0.2) is 0 Å². The highest BCUT2D eigenvalue weighted by atomic mass is 35.5. The molecule has 26 heavy (non-hydrogen) atoms. The van der Waals surface area contributed by atoms with Gasteiger partial charge in [0.05, 0.1) is 0 Å². The number of aromatic amines is 1. The zero-order valence-electron chi connectivity index (χ0n) is 14.4. The SMILES string of the molecule is CN(CCNc1ncc(Cc2ccc(Cl)cc2)c(=O)[nH]1)c1ccccn1. The molecule has 2 N–H and O–H groups in total. The van der Waals surface area contributed by atoms with Crippen molar-refractivity contribution in [1.29, 1.82) is 0 Å². The minimum absolute atomic E-state index is 0.143. The molecule has 6 nitrogen and oxygen atoms in total. The molecule has 0 aliphatic heterocycles. The highest BCUT2D eigenvalue weighted by molar-refractivity contribution is 6.30. The van der Waals surface area contributed by atoms with Crippen LogP contribution >= 0.6 is 11.6 Å². The quantitative estimate of drug-likeness (QED) is 0.669. The number of pyridine rings is 1. The predicted molar refractivity (Wildman–Crippen MR) is 105 cm³/mol. The summed E-state index contributed by atoms with van der Waals surface area (Å²) in [6.07, 6.45) is 3.89. The van der Waals surface area contributed by atoms with E-state index >= 15 is 0 Å². The molecule has 0 radical (unpaired) electrons. The van der Waals surface area contributed by atoms with E-state index in [1.54, 1.807) is 12.4 Å². The van der Waals surface area contributed by atoms with Crippen LogP contribution in [0.2, 0.25) is 5.02 Å². The number of aromatic nitrogens is 3. The topological polar surface area (TPSA) is 73.9 Å². The van der Waals surface area contributed by atoms with Crippen LogP contribution in [0.15, 0.2) is 59.7 Å². The lowest BCUT2D eigenvalue weighted by Crippen LogP contribution is -2.26. The van der Waals surface area contributed by atoms with E-state index < -0.39 is 0 Å². The lowest BCUT2D eigenvalue weighted by molar-refractivity contribution is 0.880. The Balaban J connectivity index is 1.56. The average molecular weight is 370 g/mol. The number of hydrogen-bond acceptors (Lipinski definition) is 5. The first-order valence-electron chi connectivity index (χ1n) is 8.30. The van der Waals surface area contributed by atoms with Gasteiger partial charge in [-0.1, -0.05) is 29.8 Å². The van der Waals surface area contributed by atoms with Crippen LogP contribution in [-0.2, 0) is 6.42 Å². The zero-order valence-corrected chi connectivity index (χ0v) is 15.2. The molecule has 7 heteroatoms. The first kappa shape index (κ1) is 17.9. The summed E-state index contributed by atoms with van der Waals surface area (Å²) < 4.78 is 0. The van der Waals surface area contributed by atoms with Gasteiger partial charge >= 0.3 is 0 Å². The Hall–Kier alpha value is -2.86. The molecule has 0 aliphatic rings. The van der Waals surface area contributed by atoms with E-state index in [4.69, 9.17) is 11.6 Å². The maximum atomic E-state index is 12.2. The lowest BCUT2D eigenvalue weighted by atomic mass is 10.1. The Bertz CT molecular complexity index is 896. The second kappa shape index (κ2) is 8.49. The van der Waals surface area contributed by atoms with E-state index in [1.807, 2.05) is 54.4 Å². The predicted octanol–water partition coefficient (Wildman–Crippen LogP) is 2.96. The first-order valence-corrected chi connectivity index (χ1v) is 8.68. The molecule has 1 aromatic carbocycles. The van der Waals surface area contributed by atoms with E-state index in [-0.39, 0.29) is 5.56 Å². The van der Waals surface area contributed by atoms with Gasteiger partial charge in [-0.15, -0.1) is 0 Å². The summed E-state index contributed by atoms with van der Waals surface area (Å²) in [6.45, 7) is 1.36. The molecule has 3 aromatic rings. The molecule has 134 valence electrons. The van der Waals surface area contributed by atoms with E-state index in [0.717, 1.165) is 17.9 Å². The van der Waals surface area contributed by atoms with Crippen molar-refractivity contribution < 1.29 is 0 Å². The van der Waals surface area contributed by atoms with Gasteiger partial charge in [-0.25, -0.2) is 9.97 Å². The molecular formula is C19H20ClN5O. The largest absolute Gasteiger partial charge is 0.358 e. The number of nitrogens with zero attached hydrogens (tertiary/aromatic N) is 3. The van der Waals surface area contributed by atoms with Crippen LogP contribution in [0, 0.1) is 0 Å². The third kappa shape index (κ3) is 4.83. The van der Waals surface area contributed by atoms with Gasteiger partial charge in [0.2, 0.25) is 5.95 Å². The molecule has 0 amide bonds. The van der Waals surface area contributed by atoms with Crippen molar-refractivity contribution >= 4 is 23.4 Å². The maximum absolute atomic E-state index is 12.2. The summed E-state index contributed by atoms with van der Waals surface area (Å²) in [5.74, 6) is 1.36. The van der Waals surface area contributed by atoms with Crippen molar-refractivity contribution in [3.05, 3.63) is 81.4 Å². The van der Waals surface area contributed by atoms with Gasteiger partial charge < -0.3 is 10.2 Å². The summed E-state index contributed by atoms with van der Waals surface area (Å²) >= 11 is 5.88. The molecule has 2 heterocycles. The summed E-state index contributed by atoms with van der Waals surface area (Å²) in [7, 11) is 1.97. The van der Waals surface area contributed by atoms with Crippen LogP contribution in [0.1, 0.15) is 11.1 Å². The lowest BCUT2D eigenvalue weighted by Gasteiger charge is -2.18. The number of rotatable bonds is 7. The van der Waals surface area contributed by atoms with Gasteiger partial charge in [0.1, 0.15) is 5.82 Å². The summed E-state index contributed by atoms with van der Waals surface area (Å²) in [4.78, 5) is 25.6. The van der Waals surface area contributed by atoms with Crippen LogP contribution < -0.4 is 15.8 Å². The Morgan fingerprint density at radius 1 is 1.15 bits per heavy atom. The molecule has 0 bridgehead atoms. The molecule has 0 saturated carbocycles. The molecule has 0 atom stereocenters. The van der Waals surface area contributed by atoms with E-state index in [0.29, 0.717) is 29.5 Å². The van der Waals surface area contributed by atoms with Crippen molar-refractivity contribution in [2.45, 2.75) is 6.42 Å². The Morgan fingerprint density at radius 2 is 1.96 bits per heavy atom. The van der Waals surface area contributed by atoms with Crippen molar-refractivity contribution in [2.24, 2.45) is 0 Å². The fourth-order valence-electron chi connectivity index (χ4n) is 2.50. The monoisotopic (exact) mass is 369 g/mol. The van der Waals surface area contributed by atoms with E-state index in [2.05, 4.69) is 20.3 Å². The number of H-pyrrole nitrogens is 1. The highest BCUT2D eigenvalue weighted by Gasteiger charge is 2.05. The molecule has 3 rings (SSSR count). The fourth-order valence-corrected chi connectivity index (χ4v) is 2.62. The maximum Gasteiger partial charge on any atom is 0.255 e. The smallest absolute Gasteiger partial charge is 0.255 e. The van der Waals surface area contributed by atoms with Gasteiger partial charge in [-0.05, 0) is 29.8 Å². The zero-order chi connectivity index (χ0) is 18.4. The number of hydrogen-bond donors (Lipinski definition) is 2. The van der Waals surface area contributed by atoms with Gasteiger partial charge in [0.25, 0.3) is 5.56 Å². The van der Waals surface area contributed by atoms with Crippen molar-refractivity contribution in [3.63, 3.8) is 0 Å². The van der Waals surface area contributed by atoms with Crippen molar-refractivity contribution in [1.82, 2.24) is 15.0 Å². The third-order valence-electron chi connectivity index (χ3n) is 3.96. The molecular weight excluding hydrogens is 350 g/mol. The Kier molecular flexibility index (Phi) is 5.86. The molecule has 0 fully saturated rings. The standard InChI is InChI=1S/C19H20ClN5O/c1-25(17-4-2-3-9-21-17)11-10-22-19-23-13-15(18(26)24-19)12-14-5-7-16(20)8-6-14/h2-9,13H,10-12H2,1H3,(H2,22,23,24,26). The van der Waals surface area contributed by atoms with Crippen molar-refractivity contribution in [2.75, 3.05) is 30.4 Å². The fraction of sp³-hybridized carbons (Fsp3) is 0.211. The third-order valence-corrected chi connectivity index (χ3v) is 4.21. The van der Waals surface area contributed by atoms with Gasteiger partial charge in [0, 0.05) is 49.5 Å². The van der Waals surface area contributed by atoms with Crippen LogP contribution in [0.3, 0.4) is 0 Å². The number of nitrogens with one attached hydrogen (secondary N) is 2. The Labute approximate surface area is 156 Å². The normalized spacial score (nSPS) is 10.5. The molecule has 0 aliphatic carbocycles. The van der Waals surface area contributed by atoms with E-state index in [1.165, 1.54) is 0 Å². The van der Waals surface area contributed by atoms with Gasteiger partial charge in [-0.3, -0.25) is 9.78 Å². The summed E-state index contributed by atoms with van der Waals surface area (Å²) in [5.41, 5.74) is 1.48. The molecule has 0 saturated heterocycles.